The lowest BCUT2D eigenvalue weighted by Gasteiger charge is -2.10. The Bertz CT molecular complexity index is 1220. The molecule has 30 heavy (non-hydrogen) atoms. The molecular weight excluding hydrogens is 464 g/mol. The number of aromatic nitrogens is 1. The van der Waals surface area contributed by atoms with Gasteiger partial charge in [-0.15, -0.1) is 0 Å². The summed E-state index contributed by atoms with van der Waals surface area (Å²) in [5.74, 6) is 0.694. The van der Waals surface area contributed by atoms with Crippen molar-refractivity contribution >= 4 is 49.9 Å². The summed E-state index contributed by atoms with van der Waals surface area (Å²) in [6.45, 7) is 2.16. The molecule has 0 atom stereocenters. The fraction of sp³-hybridized carbons (Fsp3) is 0.125. The van der Waals surface area contributed by atoms with E-state index in [0.29, 0.717) is 16.3 Å². The molecule has 1 heterocycles. The van der Waals surface area contributed by atoms with Crippen LogP contribution in [-0.4, -0.2) is 24.0 Å². The predicted octanol–water partition coefficient (Wildman–Crippen LogP) is 6.66. The fourth-order valence-corrected chi connectivity index (χ4v) is 4.29. The summed E-state index contributed by atoms with van der Waals surface area (Å²) in [5.41, 5.74) is 4.31. The van der Waals surface area contributed by atoms with Gasteiger partial charge in [0.15, 0.2) is 5.78 Å². The van der Waals surface area contributed by atoms with Gasteiger partial charge >= 0.3 is 0 Å². The lowest BCUT2D eigenvalue weighted by molar-refractivity contribution is 0.101. The molecule has 0 aliphatic rings. The number of ketones is 1. The number of hydrogen-bond acceptors (Lipinski definition) is 3. The second-order valence-corrected chi connectivity index (χ2v) is 8.21. The van der Waals surface area contributed by atoms with Crippen molar-refractivity contribution in [3.8, 4) is 11.4 Å². The van der Waals surface area contributed by atoms with Crippen molar-refractivity contribution in [2.45, 2.75) is 6.92 Å². The number of hydrogen-bond donors (Lipinski definition) is 1. The maximum Gasteiger partial charge on any atom is 0.184 e. The van der Waals surface area contributed by atoms with Crippen LogP contribution in [0.3, 0.4) is 0 Å². The number of rotatable bonds is 6. The molecule has 0 spiro atoms. The minimum Gasteiger partial charge on any atom is -0.496 e. The molecule has 1 aromatic heterocycles. The van der Waals surface area contributed by atoms with Crippen molar-refractivity contribution < 1.29 is 9.53 Å². The van der Waals surface area contributed by atoms with E-state index in [4.69, 9.17) is 16.3 Å². The molecule has 1 N–H and O–H groups in total. The Kier molecular flexibility index (Phi) is 5.84. The molecule has 4 rings (SSSR count). The van der Waals surface area contributed by atoms with Gasteiger partial charge in [-0.3, -0.25) is 4.79 Å². The van der Waals surface area contributed by atoms with E-state index >= 15 is 0 Å². The summed E-state index contributed by atoms with van der Waals surface area (Å²) in [6, 6.07) is 21.2. The van der Waals surface area contributed by atoms with Crippen molar-refractivity contribution in [3.05, 3.63) is 87.5 Å². The van der Waals surface area contributed by atoms with Crippen LogP contribution in [-0.2, 0) is 0 Å². The van der Waals surface area contributed by atoms with E-state index in [-0.39, 0.29) is 12.3 Å². The molecule has 0 aliphatic heterocycles. The minimum atomic E-state index is 0.0124. The Balaban J connectivity index is 1.84. The molecule has 0 amide bonds. The standard InChI is InChI=1S/C24H20BrClN2O2/c1-15-24(22(29)14-27-17-6-4-3-5-7-17)19-12-23(30-2)20(25)13-21(19)28(15)18-10-8-16(26)9-11-18/h3-13,27H,14H2,1-2H3. The van der Waals surface area contributed by atoms with Gasteiger partial charge in [0, 0.05) is 33.0 Å². The molecule has 3 aromatic carbocycles. The molecule has 0 aliphatic carbocycles. The highest BCUT2D eigenvalue weighted by atomic mass is 79.9. The van der Waals surface area contributed by atoms with Gasteiger partial charge in [-0.1, -0.05) is 29.8 Å². The average molecular weight is 484 g/mol. The van der Waals surface area contributed by atoms with Gasteiger partial charge in [0.25, 0.3) is 0 Å². The smallest absolute Gasteiger partial charge is 0.184 e. The minimum absolute atomic E-state index is 0.0124. The quantitative estimate of drug-likeness (QED) is 0.312. The van der Waals surface area contributed by atoms with Crippen LogP contribution in [0.25, 0.3) is 16.6 Å². The van der Waals surface area contributed by atoms with E-state index in [2.05, 4.69) is 25.8 Å². The number of Topliss-reactive ketones (excluding diaryl/α,β-unsaturated/α-hetero) is 1. The first-order valence-electron chi connectivity index (χ1n) is 9.46. The molecule has 0 radical (unpaired) electrons. The van der Waals surface area contributed by atoms with Crippen molar-refractivity contribution in [1.82, 2.24) is 4.57 Å². The molecule has 4 nitrogen and oxygen atoms in total. The van der Waals surface area contributed by atoms with E-state index in [0.717, 1.165) is 32.4 Å². The first-order valence-corrected chi connectivity index (χ1v) is 10.6. The Morgan fingerprint density at radius 3 is 2.47 bits per heavy atom. The number of carbonyl (C=O) groups is 1. The highest BCUT2D eigenvalue weighted by Gasteiger charge is 2.22. The van der Waals surface area contributed by atoms with E-state index < -0.39 is 0 Å². The van der Waals surface area contributed by atoms with Gasteiger partial charge in [0.1, 0.15) is 5.75 Å². The summed E-state index contributed by atoms with van der Waals surface area (Å²) in [7, 11) is 1.62. The predicted molar refractivity (Wildman–Crippen MR) is 127 cm³/mol. The Morgan fingerprint density at radius 2 is 1.80 bits per heavy atom. The number of halogens is 2. The third kappa shape index (κ3) is 3.83. The van der Waals surface area contributed by atoms with Crippen molar-refractivity contribution in [1.29, 1.82) is 0 Å². The fourth-order valence-electron chi connectivity index (χ4n) is 3.67. The molecule has 152 valence electrons. The number of nitrogens with one attached hydrogen (secondary N) is 1. The number of para-hydroxylation sites is 1. The van der Waals surface area contributed by atoms with Gasteiger partial charge in [0.2, 0.25) is 0 Å². The topological polar surface area (TPSA) is 43.3 Å². The highest BCUT2D eigenvalue weighted by molar-refractivity contribution is 9.10. The van der Waals surface area contributed by atoms with E-state index in [9.17, 15) is 4.79 Å². The van der Waals surface area contributed by atoms with Gasteiger partial charge in [0.05, 0.1) is 23.6 Å². The van der Waals surface area contributed by atoms with Crippen LogP contribution in [0.15, 0.2) is 71.2 Å². The van der Waals surface area contributed by atoms with Gasteiger partial charge in [-0.05, 0) is 71.4 Å². The molecule has 0 bridgehead atoms. The number of benzene rings is 3. The number of anilines is 1. The summed E-state index contributed by atoms with van der Waals surface area (Å²) >= 11 is 9.65. The van der Waals surface area contributed by atoms with Crippen LogP contribution in [0.5, 0.6) is 5.75 Å². The SMILES string of the molecule is COc1cc2c(C(=O)CNc3ccccc3)c(C)n(-c3ccc(Cl)cc3)c2cc1Br. The number of methoxy groups -OCH3 is 1. The Hall–Kier alpha value is -2.76. The largest absolute Gasteiger partial charge is 0.496 e. The van der Waals surface area contributed by atoms with Gasteiger partial charge in [-0.2, -0.15) is 0 Å². The van der Waals surface area contributed by atoms with Gasteiger partial charge < -0.3 is 14.6 Å². The number of carbonyl (C=O) groups excluding carboxylic acids is 1. The summed E-state index contributed by atoms with van der Waals surface area (Å²) in [5, 5.41) is 4.73. The maximum atomic E-state index is 13.3. The molecule has 6 heteroatoms. The molecular formula is C24H20BrClN2O2. The van der Waals surface area contributed by atoms with Crippen molar-refractivity contribution in [2.24, 2.45) is 0 Å². The maximum absolute atomic E-state index is 13.3. The first kappa shape index (κ1) is 20.5. The zero-order valence-electron chi connectivity index (χ0n) is 16.6. The van der Waals surface area contributed by atoms with Gasteiger partial charge in [-0.25, -0.2) is 0 Å². The van der Waals surface area contributed by atoms with Crippen LogP contribution < -0.4 is 10.1 Å². The average Bonchev–Trinajstić information content (AvgIpc) is 3.03. The molecule has 0 unspecified atom stereocenters. The molecule has 4 aromatic rings. The Labute approximate surface area is 188 Å². The lowest BCUT2D eigenvalue weighted by Crippen LogP contribution is -2.15. The number of fused-ring (bicyclic) bond motifs is 1. The van der Waals surface area contributed by atoms with Crippen LogP contribution >= 0.6 is 27.5 Å². The summed E-state index contributed by atoms with van der Waals surface area (Å²) < 4.78 is 8.39. The van der Waals surface area contributed by atoms with E-state index in [1.54, 1.807) is 7.11 Å². The summed E-state index contributed by atoms with van der Waals surface area (Å²) in [4.78, 5) is 13.3. The lowest BCUT2D eigenvalue weighted by atomic mass is 10.1. The monoisotopic (exact) mass is 482 g/mol. The molecule has 0 saturated carbocycles. The van der Waals surface area contributed by atoms with Crippen molar-refractivity contribution in [2.75, 3.05) is 19.0 Å². The summed E-state index contributed by atoms with van der Waals surface area (Å²) in [6.07, 6.45) is 0. The number of ether oxygens (including phenoxy) is 1. The van der Waals surface area contributed by atoms with Crippen LogP contribution in [0.1, 0.15) is 16.1 Å². The third-order valence-electron chi connectivity index (χ3n) is 5.07. The second kappa shape index (κ2) is 8.54. The van der Waals surface area contributed by atoms with E-state index in [1.807, 2.05) is 73.7 Å². The Morgan fingerprint density at radius 1 is 1.10 bits per heavy atom. The van der Waals surface area contributed by atoms with E-state index in [1.165, 1.54) is 0 Å². The van der Waals surface area contributed by atoms with Crippen LogP contribution in [0.4, 0.5) is 5.69 Å². The molecule has 0 saturated heterocycles. The number of nitrogens with zero attached hydrogens (tertiary/aromatic N) is 1. The first-order chi connectivity index (χ1) is 14.5. The normalized spacial score (nSPS) is 10.9. The zero-order valence-corrected chi connectivity index (χ0v) is 18.9. The van der Waals surface area contributed by atoms with Crippen LogP contribution in [0, 0.1) is 6.92 Å². The third-order valence-corrected chi connectivity index (χ3v) is 5.94. The highest BCUT2D eigenvalue weighted by Crippen LogP contribution is 2.37. The van der Waals surface area contributed by atoms with Crippen molar-refractivity contribution in [3.63, 3.8) is 0 Å². The zero-order chi connectivity index (χ0) is 21.3. The van der Waals surface area contributed by atoms with Crippen LogP contribution in [0.2, 0.25) is 5.02 Å². The second-order valence-electron chi connectivity index (χ2n) is 6.92. The molecule has 0 fully saturated rings.